The average Bonchev–Trinajstić information content (AvgIpc) is 3.14. The molecule has 0 saturated carbocycles. The van der Waals surface area contributed by atoms with E-state index in [-0.39, 0.29) is 5.91 Å². The van der Waals surface area contributed by atoms with Crippen molar-refractivity contribution in [1.29, 1.82) is 0 Å². The minimum absolute atomic E-state index is 0.184. The van der Waals surface area contributed by atoms with Gasteiger partial charge in [-0.05, 0) is 31.2 Å². The third-order valence-corrected chi connectivity index (χ3v) is 5.00. The van der Waals surface area contributed by atoms with E-state index in [9.17, 15) is 4.79 Å². The molecule has 24 heavy (non-hydrogen) atoms. The van der Waals surface area contributed by atoms with Gasteiger partial charge in [0.1, 0.15) is 5.71 Å². The van der Waals surface area contributed by atoms with Gasteiger partial charge in [0, 0.05) is 21.0 Å². The van der Waals surface area contributed by atoms with Crippen molar-refractivity contribution < 1.29 is 4.79 Å². The number of hydrogen-bond donors (Lipinski definition) is 1. The molecular weight excluding hydrogens is 386 g/mol. The van der Waals surface area contributed by atoms with E-state index in [0.29, 0.717) is 10.8 Å². The smallest absolute Gasteiger partial charge is 0.275 e. The van der Waals surface area contributed by atoms with E-state index >= 15 is 0 Å². The molecule has 4 rings (SSSR count). The van der Waals surface area contributed by atoms with Gasteiger partial charge in [-0.15, -0.1) is 11.3 Å². The zero-order valence-corrected chi connectivity index (χ0v) is 15.1. The van der Waals surface area contributed by atoms with Crippen molar-refractivity contribution in [3.05, 3.63) is 63.4 Å². The molecule has 3 aromatic rings. The number of fused-ring (bicyclic) bond motifs is 1. The summed E-state index contributed by atoms with van der Waals surface area (Å²) in [6, 6.07) is 13.8. The Hall–Kier alpha value is -2.31. The number of thiazole rings is 1. The van der Waals surface area contributed by atoms with Crippen molar-refractivity contribution in [2.75, 3.05) is 5.32 Å². The number of rotatable bonds is 2. The highest BCUT2D eigenvalue weighted by molar-refractivity contribution is 9.10. The van der Waals surface area contributed by atoms with Crippen LogP contribution in [-0.2, 0) is 4.79 Å². The highest BCUT2D eigenvalue weighted by atomic mass is 79.9. The molecule has 2 heterocycles. The van der Waals surface area contributed by atoms with Gasteiger partial charge in [-0.1, -0.05) is 39.7 Å². The molecule has 0 radical (unpaired) electrons. The summed E-state index contributed by atoms with van der Waals surface area (Å²) in [5.41, 5.74) is 5.02. The van der Waals surface area contributed by atoms with Crippen LogP contribution >= 0.6 is 27.3 Å². The molecule has 6 heteroatoms. The minimum Gasteiger partial charge on any atom is -0.320 e. The number of benzene rings is 2. The molecule has 0 aliphatic carbocycles. The van der Waals surface area contributed by atoms with E-state index in [2.05, 4.69) is 31.2 Å². The van der Waals surface area contributed by atoms with Gasteiger partial charge in [0.2, 0.25) is 5.13 Å². The van der Waals surface area contributed by atoms with Gasteiger partial charge >= 0.3 is 0 Å². The fourth-order valence-electron chi connectivity index (χ4n) is 2.54. The summed E-state index contributed by atoms with van der Waals surface area (Å²) in [6.45, 7) is 2.00. The number of anilines is 1. The summed E-state index contributed by atoms with van der Waals surface area (Å²) in [6.07, 6.45) is 0. The van der Waals surface area contributed by atoms with Crippen molar-refractivity contribution >= 4 is 49.7 Å². The van der Waals surface area contributed by atoms with E-state index in [1.54, 1.807) is 0 Å². The zero-order chi connectivity index (χ0) is 16.7. The molecule has 2 aromatic carbocycles. The number of halogens is 1. The molecule has 4 nitrogen and oxygen atoms in total. The normalized spacial score (nSPS) is 14.8. The van der Waals surface area contributed by atoms with Crippen LogP contribution in [0, 0.1) is 6.92 Å². The lowest BCUT2D eigenvalue weighted by molar-refractivity contribution is -0.110. The first-order valence-electron chi connectivity index (χ1n) is 7.33. The minimum atomic E-state index is -0.184. The monoisotopic (exact) mass is 397 g/mol. The number of carbonyl (C=O) groups excluding carboxylic acids is 1. The Bertz CT molecular complexity index is 976. The first kappa shape index (κ1) is 15.2. The predicted molar refractivity (Wildman–Crippen MR) is 101 cm³/mol. The molecule has 1 aliphatic heterocycles. The summed E-state index contributed by atoms with van der Waals surface area (Å²) < 4.78 is 1.02. The van der Waals surface area contributed by atoms with Crippen LogP contribution in [0.3, 0.4) is 0 Å². The Morgan fingerprint density at radius 2 is 1.96 bits per heavy atom. The van der Waals surface area contributed by atoms with Crippen molar-refractivity contribution in [1.82, 2.24) is 4.98 Å². The molecule has 0 unspecified atom stereocenters. The number of aryl methyl sites for hydroxylation is 1. The van der Waals surface area contributed by atoms with Crippen LogP contribution in [0.1, 0.15) is 11.1 Å². The number of amides is 1. The van der Waals surface area contributed by atoms with Gasteiger partial charge in [0.25, 0.3) is 5.91 Å². The number of aromatic nitrogens is 1. The third kappa shape index (κ3) is 2.79. The Labute approximate surface area is 151 Å². The molecular formula is C18H12BrN3OS. The number of carbonyl (C=O) groups is 1. The Kier molecular flexibility index (Phi) is 3.78. The summed E-state index contributed by atoms with van der Waals surface area (Å²) in [4.78, 5) is 21.2. The van der Waals surface area contributed by atoms with Crippen LogP contribution in [-0.4, -0.2) is 16.6 Å². The topological polar surface area (TPSA) is 54.4 Å². The maximum Gasteiger partial charge on any atom is 0.275 e. The summed E-state index contributed by atoms with van der Waals surface area (Å²) in [7, 11) is 0. The van der Waals surface area contributed by atoms with Gasteiger partial charge in [-0.25, -0.2) is 9.98 Å². The van der Waals surface area contributed by atoms with Crippen LogP contribution in [0.5, 0.6) is 0 Å². The molecule has 1 aliphatic rings. The maximum atomic E-state index is 12.2. The molecule has 1 amide bonds. The van der Waals surface area contributed by atoms with Crippen molar-refractivity contribution in [2.24, 2.45) is 4.99 Å². The zero-order valence-electron chi connectivity index (χ0n) is 12.7. The van der Waals surface area contributed by atoms with Crippen LogP contribution in [0.2, 0.25) is 0 Å². The highest BCUT2D eigenvalue weighted by Crippen LogP contribution is 2.31. The molecule has 0 atom stereocenters. The first-order valence-corrected chi connectivity index (χ1v) is 9.00. The van der Waals surface area contributed by atoms with Gasteiger partial charge in [-0.2, -0.15) is 0 Å². The molecule has 1 N–H and O–H groups in total. The quantitative estimate of drug-likeness (QED) is 0.664. The average molecular weight is 398 g/mol. The van der Waals surface area contributed by atoms with E-state index < -0.39 is 0 Å². The molecule has 0 saturated heterocycles. The lowest BCUT2D eigenvalue weighted by atomic mass is 10.1. The second-order valence-electron chi connectivity index (χ2n) is 5.49. The molecule has 0 spiro atoms. The Morgan fingerprint density at radius 3 is 2.75 bits per heavy atom. The van der Waals surface area contributed by atoms with Crippen LogP contribution in [0.15, 0.2) is 57.3 Å². The predicted octanol–water partition coefficient (Wildman–Crippen LogP) is 4.95. The fourth-order valence-corrected chi connectivity index (χ4v) is 3.51. The molecule has 0 fully saturated rings. The lowest BCUT2D eigenvalue weighted by Gasteiger charge is -1.98. The van der Waals surface area contributed by atoms with E-state index in [1.807, 2.05) is 54.8 Å². The van der Waals surface area contributed by atoms with Gasteiger partial charge in [0.05, 0.1) is 11.4 Å². The Balaban J connectivity index is 1.71. The number of hydrogen-bond acceptors (Lipinski definition) is 4. The van der Waals surface area contributed by atoms with E-state index in [4.69, 9.17) is 0 Å². The highest BCUT2D eigenvalue weighted by Gasteiger charge is 2.26. The fraction of sp³-hybridized carbons (Fsp3) is 0.0556. The lowest BCUT2D eigenvalue weighted by Crippen LogP contribution is -2.13. The van der Waals surface area contributed by atoms with Crippen molar-refractivity contribution in [3.8, 4) is 11.3 Å². The number of aliphatic imine (C=N–C) groups is 1. The van der Waals surface area contributed by atoms with Gasteiger partial charge < -0.3 is 5.32 Å². The summed E-state index contributed by atoms with van der Waals surface area (Å²) in [5, 5.41) is 5.37. The van der Waals surface area contributed by atoms with Crippen LogP contribution < -0.4 is 5.32 Å². The van der Waals surface area contributed by atoms with Gasteiger partial charge in [0.15, 0.2) is 0 Å². The molecule has 0 bridgehead atoms. The Morgan fingerprint density at radius 1 is 1.17 bits per heavy atom. The van der Waals surface area contributed by atoms with E-state index in [1.165, 1.54) is 11.3 Å². The summed E-state index contributed by atoms with van der Waals surface area (Å²) in [5.74, 6) is -0.184. The van der Waals surface area contributed by atoms with Crippen molar-refractivity contribution in [2.45, 2.75) is 6.92 Å². The maximum absolute atomic E-state index is 12.2. The second-order valence-corrected chi connectivity index (χ2v) is 7.24. The number of nitrogens with one attached hydrogen (secondary N) is 1. The summed E-state index contributed by atoms with van der Waals surface area (Å²) >= 11 is 4.85. The van der Waals surface area contributed by atoms with Gasteiger partial charge in [-0.3, -0.25) is 4.79 Å². The first-order chi connectivity index (χ1) is 11.6. The standard InChI is InChI=1S/C18H12BrN3OS/c1-10-2-7-14-13(8-10)16(17(23)20-14)22-18-21-15(9-24-18)11-3-5-12(19)6-4-11/h2-9H,1H3,(H,20,21,22,23). The van der Waals surface area contributed by atoms with Crippen LogP contribution in [0.4, 0.5) is 10.8 Å². The third-order valence-electron chi connectivity index (χ3n) is 3.73. The second kappa shape index (κ2) is 5.96. The van der Waals surface area contributed by atoms with Crippen LogP contribution in [0.25, 0.3) is 11.3 Å². The van der Waals surface area contributed by atoms with Crippen molar-refractivity contribution in [3.63, 3.8) is 0 Å². The van der Waals surface area contributed by atoms with E-state index in [0.717, 1.165) is 32.5 Å². The SMILES string of the molecule is Cc1ccc2c(c1)/C(=N/c1nc(-c3ccc(Br)cc3)cs1)C(=O)N2. The molecule has 1 aromatic heterocycles. The number of nitrogens with zero attached hydrogens (tertiary/aromatic N) is 2. The largest absolute Gasteiger partial charge is 0.320 e. The molecule has 118 valence electrons.